The Bertz CT molecular complexity index is 470. The molecule has 0 aromatic carbocycles. The van der Waals surface area contributed by atoms with Gasteiger partial charge in [-0.05, 0) is 74.5 Å². The lowest BCUT2D eigenvalue weighted by Crippen LogP contribution is -2.68. The van der Waals surface area contributed by atoms with E-state index in [0.717, 1.165) is 36.8 Å². The van der Waals surface area contributed by atoms with E-state index in [2.05, 4.69) is 23.0 Å². The quantitative estimate of drug-likeness (QED) is 0.925. The van der Waals surface area contributed by atoms with Crippen LogP contribution in [0.1, 0.15) is 37.7 Å². The molecule has 1 aromatic heterocycles. The third kappa shape index (κ3) is 2.05. The van der Waals surface area contributed by atoms with Gasteiger partial charge in [0.1, 0.15) is 0 Å². The third-order valence-corrected chi connectivity index (χ3v) is 6.73. The van der Waals surface area contributed by atoms with Gasteiger partial charge in [0.15, 0.2) is 0 Å². The highest BCUT2D eigenvalue weighted by molar-refractivity contribution is 5.15. The van der Waals surface area contributed by atoms with E-state index >= 15 is 0 Å². The summed E-state index contributed by atoms with van der Waals surface area (Å²) >= 11 is 0. The van der Waals surface area contributed by atoms with E-state index in [1.54, 1.807) is 0 Å². The van der Waals surface area contributed by atoms with Gasteiger partial charge in [-0.2, -0.15) is 0 Å². The average molecular weight is 285 g/mol. The van der Waals surface area contributed by atoms with Crippen LogP contribution in [0.3, 0.4) is 0 Å². The molecule has 3 heteroatoms. The van der Waals surface area contributed by atoms with Crippen molar-refractivity contribution in [3.8, 4) is 0 Å². The highest BCUT2D eigenvalue weighted by Crippen LogP contribution is 2.59. The van der Waals surface area contributed by atoms with Gasteiger partial charge < -0.3 is 5.73 Å². The molecule has 1 aromatic rings. The van der Waals surface area contributed by atoms with E-state index in [1.165, 1.54) is 37.7 Å². The Morgan fingerprint density at radius 3 is 2.38 bits per heavy atom. The number of likely N-dealkylation sites (N-methyl/N-ethyl adjacent to an activating group) is 1. The number of hydrogen-bond donors (Lipinski definition) is 1. The van der Waals surface area contributed by atoms with Crippen LogP contribution in [0, 0.1) is 23.7 Å². The van der Waals surface area contributed by atoms with Gasteiger partial charge in [-0.3, -0.25) is 9.88 Å². The normalized spacial score (nSPS) is 40.9. The van der Waals surface area contributed by atoms with Crippen LogP contribution >= 0.6 is 0 Å². The highest BCUT2D eigenvalue weighted by atomic mass is 15.2. The molecule has 0 aliphatic heterocycles. The Balaban J connectivity index is 1.61. The number of aromatic nitrogens is 1. The molecule has 0 unspecified atom stereocenters. The van der Waals surface area contributed by atoms with Gasteiger partial charge in [0.2, 0.25) is 0 Å². The first-order valence-corrected chi connectivity index (χ1v) is 8.52. The van der Waals surface area contributed by atoms with Crippen LogP contribution < -0.4 is 5.73 Å². The lowest BCUT2D eigenvalue weighted by atomic mass is 9.48. The molecule has 2 N–H and O–H groups in total. The van der Waals surface area contributed by atoms with Crippen molar-refractivity contribution in [3.63, 3.8) is 0 Å². The summed E-state index contributed by atoms with van der Waals surface area (Å²) in [4.78, 5) is 6.85. The first-order valence-electron chi connectivity index (χ1n) is 8.52. The van der Waals surface area contributed by atoms with Crippen molar-refractivity contribution < 1.29 is 0 Å². The summed E-state index contributed by atoms with van der Waals surface area (Å²) in [7, 11) is 2.29. The van der Waals surface area contributed by atoms with Crippen molar-refractivity contribution in [2.24, 2.45) is 29.4 Å². The molecule has 0 saturated heterocycles. The molecule has 1 heterocycles. The molecule has 5 rings (SSSR count). The fourth-order valence-corrected chi connectivity index (χ4v) is 6.03. The Hall–Kier alpha value is -0.930. The van der Waals surface area contributed by atoms with Gasteiger partial charge in [0.25, 0.3) is 0 Å². The SMILES string of the molecule is CN(Cc1cccnc1)C1(CN)C2CC3CC(C2)CC1C3. The van der Waals surface area contributed by atoms with Crippen LogP contribution in [-0.4, -0.2) is 29.0 Å². The average Bonchev–Trinajstić information content (AvgIpc) is 2.48. The predicted molar refractivity (Wildman–Crippen MR) is 84.5 cm³/mol. The Morgan fingerprint density at radius 1 is 1.19 bits per heavy atom. The molecule has 0 spiro atoms. The molecule has 0 atom stereocenters. The second-order valence-electron chi connectivity index (χ2n) is 7.72. The molecule has 3 nitrogen and oxygen atoms in total. The van der Waals surface area contributed by atoms with E-state index < -0.39 is 0 Å². The summed E-state index contributed by atoms with van der Waals surface area (Å²) in [5.41, 5.74) is 7.93. The van der Waals surface area contributed by atoms with Crippen LogP contribution in [0.15, 0.2) is 24.5 Å². The molecule has 21 heavy (non-hydrogen) atoms. The summed E-state index contributed by atoms with van der Waals surface area (Å²) < 4.78 is 0. The van der Waals surface area contributed by atoms with Crippen LogP contribution in [0.25, 0.3) is 0 Å². The summed E-state index contributed by atoms with van der Waals surface area (Å²) in [6.45, 7) is 1.80. The molecule has 114 valence electrons. The van der Waals surface area contributed by atoms with Crippen LogP contribution in [0.5, 0.6) is 0 Å². The monoisotopic (exact) mass is 285 g/mol. The molecule has 4 aliphatic carbocycles. The lowest BCUT2D eigenvalue weighted by molar-refractivity contribution is -0.126. The third-order valence-electron chi connectivity index (χ3n) is 6.73. The second kappa shape index (κ2) is 5.06. The Morgan fingerprint density at radius 2 is 1.86 bits per heavy atom. The first kappa shape index (κ1) is 13.7. The van der Waals surface area contributed by atoms with Gasteiger partial charge in [-0.15, -0.1) is 0 Å². The minimum absolute atomic E-state index is 0.239. The summed E-state index contributed by atoms with van der Waals surface area (Å²) in [6.07, 6.45) is 11.0. The van der Waals surface area contributed by atoms with Crippen LogP contribution in [0.4, 0.5) is 0 Å². The number of nitrogens with two attached hydrogens (primary N) is 1. The first-order chi connectivity index (χ1) is 10.2. The number of hydrogen-bond acceptors (Lipinski definition) is 3. The van der Waals surface area contributed by atoms with Crippen molar-refractivity contribution in [2.45, 2.75) is 44.2 Å². The lowest BCUT2D eigenvalue weighted by Gasteiger charge is -2.64. The van der Waals surface area contributed by atoms with E-state index in [9.17, 15) is 0 Å². The number of pyridine rings is 1. The van der Waals surface area contributed by atoms with E-state index in [-0.39, 0.29) is 5.54 Å². The predicted octanol–water partition coefficient (Wildman–Crippen LogP) is 2.67. The Labute approximate surface area is 127 Å². The Kier molecular flexibility index (Phi) is 3.31. The largest absolute Gasteiger partial charge is 0.329 e. The van der Waals surface area contributed by atoms with Crippen molar-refractivity contribution in [3.05, 3.63) is 30.1 Å². The smallest absolute Gasteiger partial charge is 0.0388 e. The van der Waals surface area contributed by atoms with Gasteiger partial charge in [0, 0.05) is 31.0 Å². The van der Waals surface area contributed by atoms with Crippen LogP contribution in [0.2, 0.25) is 0 Å². The minimum Gasteiger partial charge on any atom is -0.329 e. The standard InChI is InChI=1S/C18H27N3/c1-21(11-13-3-2-4-20-10-13)18(12-19)16-6-14-5-15(8-16)9-17(18)7-14/h2-4,10,14-17H,5-9,11-12,19H2,1H3. The fraction of sp³-hybridized carbons (Fsp3) is 0.722. The highest BCUT2D eigenvalue weighted by Gasteiger charge is 2.58. The topological polar surface area (TPSA) is 42.2 Å². The maximum Gasteiger partial charge on any atom is 0.0388 e. The van der Waals surface area contributed by atoms with Crippen molar-refractivity contribution in [2.75, 3.05) is 13.6 Å². The zero-order valence-corrected chi connectivity index (χ0v) is 13.0. The maximum atomic E-state index is 6.39. The molecular weight excluding hydrogens is 258 g/mol. The van der Waals surface area contributed by atoms with Crippen molar-refractivity contribution in [1.29, 1.82) is 0 Å². The van der Waals surface area contributed by atoms with Gasteiger partial charge >= 0.3 is 0 Å². The molecular formula is C18H27N3. The number of nitrogens with zero attached hydrogens (tertiary/aromatic N) is 2. The zero-order chi connectivity index (χ0) is 14.4. The summed E-state index contributed by atoms with van der Waals surface area (Å²) in [5, 5.41) is 0. The molecule has 0 radical (unpaired) electrons. The fourth-order valence-electron chi connectivity index (χ4n) is 6.03. The summed E-state index contributed by atoms with van der Waals surface area (Å²) in [5.74, 6) is 3.64. The molecule has 4 bridgehead atoms. The van der Waals surface area contributed by atoms with Crippen molar-refractivity contribution in [1.82, 2.24) is 9.88 Å². The minimum atomic E-state index is 0.239. The van der Waals surface area contributed by atoms with E-state index in [4.69, 9.17) is 5.73 Å². The van der Waals surface area contributed by atoms with Gasteiger partial charge in [0.05, 0.1) is 0 Å². The zero-order valence-electron chi connectivity index (χ0n) is 13.0. The molecule has 4 aliphatic rings. The summed E-state index contributed by atoms with van der Waals surface area (Å²) in [6, 6.07) is 4.22. The number of rotatable bonds is 4. The molecule has 4 saturated carbocycles. The van der Waals surface area contributed by atoms with Gasteiger partial charge in [-0.1, -0.05) is 6.07 Å². The molecule has 4 fully saturated rings. The maximum absolute atomic E-state index is 6.39. The van der Waals surface area contributed by atoms with Crippen LogP contribution in [-0.2, 0) is 6.54 Å². The van der Waals surface area contributed by atoms with Crippen molar-refractivity contribution >= 4 is 0 Å². The van der Waals surface area contributed by atoms with E-state index in [1.807, 2.05) is 18.5 Å². The van der Waals surface area contributed by atoms with E-state index in [0.29, 0.717) is 0 Å². The molecule has 0 amide bonds. The van der Waals surface area contributed by atoms with Gasteiger partial charge in [-0.25, -0.2) is 0 Å². The second-order valence-corrected chi connectivity index (χ2v) is 7.72.